The van der Waals surface area contributed by atoms with Crippen LogP contribution in [0.15, 0.2) is 30.5 Å². The van der Waals surface area contributed by atoms with Crippen molar-refractivity contribution in [2.75, 3.05) is 5.88 Å². The van der Waals surface area contributed by atoms with Gasteiger partial charge >= 0.3 is 0 Å². The van der Waals surface area contributed by atoms with E-state index in [1.807, 2.05) is 37.5 Å². The van der Waals surface area contributed by atoms with E-state index in [9.17, 15) is 0 Å². The monoisotopic (exact) mass is 269 g/mol. The van der Waals surface area contributed by atoms with E-state index >= 15 is 0 Å². The minimum atomic E-state index is 0.169. The van der Waals surface area contributed by atoms with Crippen molar-refractivity contribution >= 4 is 23.2 Å². The van der Waals surface area contributed by atoms with Gasteiger partial charge in [-0.2, -0.15) is 0 Å². The first-order valence-electron chi connectivity index (χ1n) is 5.36. The normalized spacial score (nSPS) is 12.6. The lowest BCUT2D eigenvalue weighted by molar-refractivity contribution is 0.707. The molecule has 1 aromatic heterocycles. The Hall–Kier alpha value is -1.06. The highest BCUT2D eigenvalue weighted by Crippen LogP contribution is 2.27. The molecule has 0 fully saturated rings. The molecule has 1 unspecified atom stereocenters. The molecule has 0 aliphatic rings. The molecule has 2 rings (SSSR count). The van der Waals surface area contributed by atoms with E-state index in [0.717, 1.165) is 22.7 Å². The Balaban J connectivity index is 2.20. The largest absolute Gasteiger partial charge is 0.255 e. The number of benzene rings is 1. The summed E-state index contributed by atoms with van der Waals surface area (Å²) >= 11 is 12.2. The average Bonchev–Trinajstić information content (AvgIpc) is 2.73. The summed E-state index contributed by atoms with van der Waals surface area (Å²) in [6.45, 7) is 0. The maximum absolute atomic E-state index is 6.17. The smallest absolute Gasteiger partial charge is 0.0833 e. The van der Waals surface area contributed by atoms with E-state index in [4.69, 9.17) is 23.2 Å². The van der Waals surface area contributed by atoms with Gasteiger partial charge in [0.25, 0.3) is 0 Å². The van der Waals surface area contributed by atoms with Crippen LogP contribution in [0.3, 0.4) is 0 Å². The van der Waals surface area contributed by atoms with Crippen molar-refractivity contribution in [1.82, 2.24) is 15.0 Å². The number of aromatic nitrogens is 3. The van der Waals surface area contributed by atoms with Gasteiger partial charge in [-0.15, -0.1) is 16.7 Å². The molecule has 0 spiro atoms. The molecule has 0 aliphatic heterocycles. The van der Waals surface area contributed by atoms with Crippen LogP contribution in [0.2, 0.25) is 5.02 Å². The van der Waals surface area contributed by atoms with Gasteiger partial charge in [0.15, 0.2) is 0 Å². The van der Waals surface area contributed by atoms with Crippen LogP contribution in [0.1, 0.15) is 17.2 Å². The molecule has 3 nitrogen and oxygen atoms in total. The Bertz CT molecular complexity index is 496. The molecule has 0 amide bonds. The van der Waals surface area contributed by atoms with Crippen LogP contribution in [0.25, 0.3) is 0 Å². The second kappa shape index (κ2) is 5.52. The molecule has 5 heteroatoms. The van der Waals surface area contributed by atoms with E-state index in [0.29, 0.717) is 5.88 Å². The summed E-state index contributed by atoms with van der Waals surface area (Å²) in [5.41, 5.74) is 1.99. The molecule has 0 saturated carbocycles. The molecule has 1 heterocycles. The first kappa shape index (κ1) is 12.4. The quantitative estimate of drug-likeness (QED) is 0.799. The van der Waals surface area contributed by atoms with Gasteiger partial charge in [0.2, 0.25) is 0 Å². The van der Waals surface area contributed by atoms with Crippen molar-refractivity contribution in [2.24, 2.45) is 7.05 Å². The van der Waals surface area contributed by atoms with Gasteiger partial charge in [-0.3, -0.25) is 4.68 Å². The lowest BCUT2D eigenvalue weighted by Gasteiger charge is -2.14. The third-order valence-corrected chi connectivity index (χ3v) is 3.35. The molecule has 0 saturated heterocycles. The summed E-state index contributed by atoms with van der Waals surface area (Å²) in [6, 6.07) is 7.77. The van der Waals surface area contributed by atoms with Gasteiger partial charge in [-0.25, -0.2) is 0 Å². The molecule has 0 radical (unpaired) electrons. The fraction of sp³-hybridized carbons (Fsp3) is 0.333. The Morgan fingerprint density at radius 1 is 1.35 bits per heavy atom. The second-order valence-corrected chi connectivity index (χ2v) is 4.68. The highest BCUT2D eigenvalue weighted by atomic mass is 35.5. The number of rotatable bonds is 4. The standard InChI is InChI=1S/C12H13Cl2N3/c1-17-8-10(15-16-17)6-9(7-13)11-4-2-3-5-12(11)14/h2-5,8-9H,6-7H2,1H3. The summed E-state index contributed by atoms with van der Waals surface area (Å²) in [6.07, 6.45) is 2.65. The first-order chi connectivity index (χ1) is 8.20. The van der Waals surface area contributed by atoms with Crippen LogP contribution in [0, 0.1) is 0 Å². The van der Waals surface area contributed by atoms with Gasteiger partial charge in [0, 0.05) is 36.5 Å². The van der Waals surface area contributed by atoms with Crippen molar-refractivity contribution in [3.05, 3.63) is 46.7 Å². The lowest BCUT2D eigenvalue weighted by atomic mass is 9.96. The van der Waals surface area contributed by atoms with Crippen LogP contribution < -0.4 is 0 Å². The number of aryl methyl sites for hydroxylation is 1. The van der Waals surface area contributed by atoms with Crippen LogP contribution in [-0.2, 0) is 13.5 Å². The zero-order valence-electron chi connectivity index (χ0n) is 9.48. The van der Waals surface area contributed by atoms with Crippen molar-refractivity contribution in [2.45, 2.75) is 12.3 Å². The molecule has 17 heavy (non-hydrogen) atoms. The van der Waals surface area contributed by atoms with E-state index in [-0.39, 0.29) is 5.92 Å². The van der Waals surface area contributed by atoms with E-state index in [2.05, 4.69) is 10.3 Å². The average molecular weight is 270 g/mol. The van der Waals surface area contributed by atoms with Crippen molar-refractivity contribution in [3.8, 4) is 0 Å². The SMILES string of the molecule is Cn1cc(CC(CCl)c2ccccc2Cl)nn1. The molecule has 0 N–H and O–H groups in total. The number of hydrogen-bond acceptors (Lipinski definition) is 2. The summed E-state index contributed by atoms with van der Waals surface area (Å²) < 4.78 is 1.69. The van der Waals surface area contributed by atoms with E-state index in [1.165, 1.54) is 0 Å². The zero-order chi connectivity index (χ0) is 12.3. The molecule has 0 bridgehead atoms. The van der Waals surface area contributed by atoms with Gasteiger partial charge < -0.3 is 0 Å². The topological polar surface area (TPSA) is 30.7 Å². The Kier molecular flexibility index (Phi) is 4.02. The predicted molar refractivity (Wildman–Crippen MR) is 69.6 cm³/mol. The first-order valence-corrected chi connectivity index (χ1v) is 6.27. The molecule has 2 aromatic rings. The van der Waals surface area contributed by atoms with Crippen molar-refractivity contribution in [1.29, 1.82) is 0 Å². The second-order valence-electron chi connectivity index (χ2n) is 3.96. The third kappa shape index (κ3) is 2.99. The summed E-state index contributed by atoms with van der Waals surface area (Å²) in [7, 11) is 1.85. The van der Waals surface area contributed by atoms with E-state index < -0.39 is 0 Å². The van der Waals surface area contributed by atoms with Gasteiger partial charge in [0.05, 0.1) is 5.69 Å². The van der Waals surface area contributed by atoms with Crippen LogP contribution in [-0.4, -0.2) is 20.9 Å². The molecule has 1 aromatic carbocycles. The molecule has 1 atom stereocenters. The summed E-state index contributed by atoms with van der Waals surface area (Å²) in [5, 5.41) is 8.73. The maximum Gasteiger partial charge on any atom is 0.0833 e. The van der Waals surface area contributed by atoms with Gasteiger partial charge in [-0.05, 0) is 11.6 Å². The Labute approximate surface area is 110 Å². The minimum Gasteiger partial charge on any atom is -0.255 e. The van der Waals surface area contributed by atoms with Crippen LogP contribution in [0.4, 0.5) is 0 Å². The summed E-state index contributed by atoms with van der Waals surface area (Å²) in [5.74, 6) is 0.683. The van der Waals surface area contributed by atoms with Crippen molar-refractivity contribution < 1.29 is 0 Å². The Morgan fingerprint density at radius 2 is 2.12 bits per heavy atom. The number of halogens is 2. The van der Waals surface area contributed by atoms with Crippen LogP contribution in [0.5, 0.6) is 0 Å². The third-order valence-electron chi connectivity index (χ3n) is 2.64. The minimum absolute atomic E-state index is 0.169. The fourth-order valence-corrected chi connectivity index (χ4v) is 2.36. The molecular weight excluding hydrogens is 257 g/mol. The highest BCUT2D eigenvalue weighted by Gasteiger charge is 2.15. The van der Waals surface area contributed by atoms with Crippen molar-refractivity contribution in [3.63, 3.8) is 0 Å². The van der Waals surface area contributed by atoms with Crippen LogP contribution >= 0.6 is 23.2 Å². The maximum atomic E-state index is 6.17. The van der Waals surface area contributed by atoms with Gasteiger partial charge in [0.1, 0.15) is 0 Å². The molecule has 90 valence electrons. The lowest BCUT2D eigenvalue weighted by Crippen LogP contribution is -2.05. The van der Waals surface area contributed by atoms with E-state index in [1.54, 1.807) is 4.68 Å². The van der Waals surface area contributed by atoms with Gasteiger partial charge in [-0.1, -0.05) is 35.0 Å². The zero-order valence-corrected chi connectivity index (χ0v) is 11.0. The summed E-state index contributed by atoms with van der Waals surface area (Å²) in [4.78, 5) is 0. The number of hydrogen-bond donors (Lipinski definition) is 0. The fourth-order valence-electron chi connectivity index (χ4n) is 1.80. The number of alkyl halides is 1. The molecule has 0 aliphatic carbocycles. The predicted octanol–water partition coefficient (Wildman–Crippen LogP) is 3.03. The Morgan fingerprint density at radius 3 is 2.71 bits per heavy atom. The molecular formula is C12H13Cl2N3. The number of nitrogens with zero attached hydrogens (tertiary/aromatic N) is 3. The highest BCUT2D eigenvalue weighted by molar-refractivity contribution is 6.31.